The average molecular weight is 232 g/mol. The van der Waals surface area contributed by atoms with Gasteiger partial charge in [0.05, 0.1) is 12.7 Å². The fraction of sp³-hybridized carbons (Fsp3) is 0.600. The molecule has 0 spiro atoms. The molecule has 1 N–H and O–H groups in total. The summed E-state index contributed by atoms with van der Waals surface area (Å²) in [5.74, 6) is 2.20. The zero-order valence-corrected chi connectivity index (χ0v) is 10.4. The Morgan fingerprint density at radius 1 is 1.29 bits per heavy atom. The lowest BCUT2D eigenvalue weighted by Gasteiger charge is -2.32. The fourth-order valence-electron chi connectivity index (χ4n) is 3.73. The van der Waals surface area contributed by atoms with Gasteiger partial charge in [0.25, 0.3) is 0 Å². The number of aliphatic hydroxyl groups is 1. The minimum atomic E-state index is -0.433. The molecule has 2 heteroatoms. The maximum absolute atomic E-state index is 10.7. The zero-order chi connectivity index (χ0) is 11.9. The summed E-state index contributed by atoms with van der Waals surface area (Å²) in [5, 5.41) is 10.7. The highest BCUT2D eigenvalue weighted by atomic mass is 16.5. The molecule has 0 saturated heterocycles. The summed E-state index contributed by atoms with van der Waals surface area (Å²) in [4.78, 5) is 0. The van der Waals surface area contributed by atoms with E-state index in [9.17, 15) is 5.11 Å². The van der Waals surface area contributed by atoms with Gasteiger partial charge in [-0.05, 0) is 55.2 Å². The van der Waals surface area contributed by atoms with Crippen molar-refractivity contribution in [2.24, 2.45) is 11.8 Å². The molecule has 0 aromatic heterocycles. The van der Waals surface area contributed by atoms with E-state index in [1.807, 2.05) is 12.1 Å². The SMILES string of the molecule is COc1ccc(C[C@]2(O)C[C@H]3CC[C@@H]2C3)cc1. The summed E-state index contributed by atoms with van der Waals surface area (Å²) >= 11 is 0. The van der Waals surface area contributed by atoms with Crippen LogP contribution in [0.4, 0.5) is 0 Å². The van der Waals surface area contributed by atoms with Crippen LogP contribution in [0, 0.1) is 11.8 Å². The molecule has 2 saturated carbocycles. The van der Waals surface area contributed by atoms with Crippen LogP contribution in [0.1, 0.15) is 31.2 Å². The van der Waals surface area contributed by atoms with Gasteiger partial charge in [-0.15, -0.1) is 0 Å². The topological polar surface area (TPSA) is 29.5 Å². The van der Waals surface area contributed by atoms with Crippen LogP contribution in [0.5, 0.6) is 5.75 Å². The number of fused-ring (bicyclic) bond motifs is 2. The van der Waals surface area contributed by atoms with E-state index in [0.717, 1.165) is 24.5 Å². The van der Waals surface area contributed by atoms with Crippen LogP contribution < -0.4 is 4.74 Å². The normalized spacial score (nSPS) is 35.2. The quantitative estimate of drug-likeness (QED) is 0.868. The molecule has 0 radical (unpaired) electrons. The first kappa shape index (κ1) is 11.1. The van der Waals surface area contributed by atoms with Crippen molar-refractivity contribution in [3.63, 3.8) is 0 Å². The Balaban J connectivity index is 1.73. The number of methoxy groups -OCH3 is 1. The number of rotatable bonds is 3. The Morgan fingerprint density at radius 3 is 2.59 bits per heavy atom. The van der Waals surface area contributed by atoms with Gasteiger partial charge in [-0.25, -0.2) is 0 Å². The lowest BCUT2D eigenvalue weighted by atomic mass is 9.80. The second-order valence-electron chi connectivity index (χ2n) is 5.71. The van der Waals surface area contributed by atoms with Gasteiger partial charge in [-0.3, -0.25) is 0 Å². The molecule has 0 amide bonds. The molecule has 2 nitrogen and oxygen atoms in total. The second-order valence-corrected chi connectivity index (χ2v) is 5.71. The molecule has 2 fully saturated rings. The molecule has 0 aliphatic heterocycles. The third kappa shape index (κ3) is 1.95. The minimum absolute atomic E-state index is 0.433. The average Bonchev–Trinajstić information content (AvgIpc) is 2.89. The zero-order valence-electron chi connectivity index (χ0n) is 10.4. The van der Waals surface area contributed by atoms with Gasteiger partial charge < -0.3 is 9.84 Å². The van der Waals surface area contributed by atoms with Crippen molar-refractivity contribution >= 4 is 0 Å². The molecule has 92 valence electrons. The van der Waals surface area contributed by atoms with Crippen LogP contribution in [0.15, 0.2) is 24.3 Å². The maximum Gasteiger partial charge on any atom is 0.118 e. The highest BCUT2D eigenvalue weighted by molar-refractivity contribution is 5.28. The molecule has 1 aromatic carbocycles. The molecule has 17 heavy (non-hydrogen) atoms. The number of ether oxygens (including phenoxy) is 1. The van der Waals surface area contributed by atoms with E-state index in [0.29, 0.717) is 5.92 Å². The van der Waals surface area contributed by atoms with Gasteiger partial charge in [0, 0.05) is 6.42 Å². The van der Waals surface area contributed by atoms with E-state index in [1.54, 1.807) is 7.11 Å². The first-order valence-electron chi connectivity index (χ1n) is 6.55. The summed E-state index contributed by atoms with van der Waals surface area (Å²) in [6.07, 6.45) is 5.60. The van der Waals surface area contributed by atoms with Crippen LogP contribution in [0.3, 0.4) is 0 Å². The van der Waals surface area contributed by atoms with Gasteiger partial charge in [-0.2, -0.15) is 0 Å². The van der Waals surface area contributed by atoms with Crippen molar-refractivity contribution in [1.82, 2.24) is 0 Å². The second kappa shape index (κ2) is 4.02. The Hall–Kier alpha value is -1.02. The predicted molar refractivity (Wildman–Crippen MR) is 67.1 cm³/mol. The third-order valence-electron chi connectivity index (χ3n) is 4.61. The first-order chi connectivity index (χ1) is 8.19. The van der Waals surface area contributed by atoms with Crippen LogP contribution >= 0.6 is 0 Å². The molecule has 2 aliphatic carbocycles. The summed E-state index contributed by atoms with van der Waals surface area (Å²) in [6.45, 7) is 0. The summed E-state index contributed by atoms with van der Waals surface area (Å²) in [7, 11) is 1.68. The van der Waals surface area contributed by atoms with E-state index in [2.05, 4.69) is 12.1 Å². The smallest absolute Gasteiger partial charge is 0.118 e. The van der Waals surface area contributed by atoms with Gasteiger partial charge >= 0.3 is 0 Å². The Labute approximate surface area is 103 Å². The number of hydrogen-bond acceptors (Lipinski definition) is 2. The molecular formula is C15H20O2. The molecule has 2 aliphatic rings. The molecule has 1 aromatic rings. The van der Waals surface area contributed by atoms with Crippen LogP contribution in [0.2, 0.25) is 0 Å². The van der Waals surface area contributed by atoms with E-state index >= 15 is 0 Å². The Bertz CT molecular complexity index is 398. The first-order valence-corrected chi connectivity index (χ1v) is 6.55. The Morgan fingerprint density at radius 2 is 2.06 bits per heavy atom. The highest BCUT2D eigenvalue weighted by Crippen LogP contribution is 2.51. The van der Waals surface area contributed by atoms with Gasteiger partial charge in [0.1, 0.15) is 5.75 Å². The van der Waals surface area contributed by atoms with E-state index < -0.39 is 5.60 Å². The van der Waals surface area contributed by atoms with Gasteiger partial charge in [-0.1, -0.05) is 12.1 Å². The Kier molecular flexibility index (Phi) is 2.62. The lowest BCUT2D eigenvalue weighted by Crippen LogP contribution is -2.37. The highest BCUT2D eigenvalue weighted by Gasteiger charge is 2.49. The molecule has 2 bridgehead atoms. The fourth-order valence-corrected chi connectivity index (χ4v) is 3.73. The van der Waals surface area contributed by atoms with Crippen LogP contribution in [-0.2, 0) is 6.42 Å². The van der Waals surface area contributed by atoms with Crippen molar-refractivity contribution in [3.8, 4) is 5.75 Å². The molecule has 0 unspecified atom stereocenters. The predicted octanol–water partition coefficient (Wildman–Crippen LogP) is 2.79. The summed E-state index contributed by atoms with van der Waals surface area (Å²) in [5.41, 5.74) is 0.790. The lowest BCUT2D eigenvalue weighted by molar-refractivity contribution is -0.0125. The number of benzene rings is 1. The number of hydrogen-bond donors (Lipinski definition) is 1. The molecule has 0 heterocycles. The van der Waals surface area contributed by atoms with Crippen molar-refractivity contribution in [2.45, 2.75) is 37.7 Å². The standard InChI is InChI=1S/C15H20O2/c1-17-14-6-3-11(4-7-14)9-15(16)10-12-2-5-13(15)8-12/h3-4,6-7,12-13,16H,2,5,8-10H2,1H3/t12-,13+,15-/m0/s1. The van der Waals surface area contributed by atoms with E-state index in [1.165, 1.54) is 24.8 Å². The van der Waals surface area contributed by atoms with Gasteiger partial charge in [0.2, 0.25) is 0 Å². The van der Waals surface area contributed by atoms with Crippen molar-refractivity contribution in [3.05, 3.63) is 29.8 Å². The van der Waals surface area contributed by atoms with Gasteiger partial charge in [0.15, 0.2) is 0 Å². The maximum atomic E-state index is 10.7. The van der Waals surface area contributed by atoms with Crippen molar-refractivity contribution < 1.29 is 9.84 Å². The van der Waals surface area contributed by atoms with Crippen LogP contribution in [0.25, 0.3) is 0 Å². The third-order valence-corrected chi connectivity index (χ3v) is 4.61. The van der Waals surface area contributed by atoms with Crippen molar-refractivity contribution in [2.75, 3.05) is 7.11 Å². The summed E-state index contributed by atoms with van der Waals surface area (Å²) in [6, 6.07) is 8.10. The monoisotopic (exact) mass is 232 g/mol. The molecule has 3 rings (SSSR count). The van der Waals surface area contributed by atoms with E-state index in [4.69, 9.17) is 4.74 Å². The van der Waals surface area contributed by atoms with E-state index in [-0.39, 0.29) is 0 Å². The minimum Gasteiger partial charge on any atom is -0.497 e. The largest absolute Gasteiger partial charge is 0.497 e. The molecule has 3 atom stereocenters. The van der Waals surface area contributed by atoms with Crippen LogP contribution in [-0.4, -0.2) is 17.8 Å². The molecular weight excluding hydrogens is 212 g/mol. The summed E-state index contributed by atoms with van der Waals surface area (Å²) < 4.78 is 5.15. The van der Waals surface area contributed by atoms with Crippen molar-refractivity contribution in [1.29, 1.82) is 0 Å².